The van der Waals surface area contributed by atoms with Crippen LogP contribution < -0.4 is 5.32 Å². The first kappa shape index (κ1) is 12.0. The highest BCUT2D eigenvalue weighted by molar-refractivity contribution is 5.00. The highest BCUT2D eigenvalue weighted by Gasteiger charge is 2.45. The third kappa shape index (κ3) is 2.39. The molecule has 1 saturated heterocycles. The summed E-state index contributed by atoms with van der Waals surface area (Å²) in [5.74, 6) is 1.98. The maximum atomic E-state index is 3.69. The molecule has 2 nitrogen and oxygen atoms in total. The van der Waals surface area contributed by atoms with E-state index in [1.165, 1.54) is 45.2 Å². The summed E-state index contributed by atoms with van der Waals surface area (Å²) in [7, 11) is 0. The van der Waals surface area contributed by atoms with Gasteiger partial charge in [-0.2, -0.15) is 0 Å². The Morgan fingerprint density at radius 1 is 1.12 bits per heavy atom. The van der Waals surface area contributed by atoms with E-state index < -0.39 is 0 Å². The van der Waals surface area contributed by atoms with Gasteiger partial charge in [0.05, 0.1) is 0 Å². The van der Waals surface area contributed by atoms with Crippen LogP contribution in [0.1, 0.15) is 52.9 Å². The molecule has 4 unspecified atom stereocenters. The Morgan fingerprint density at radius 3 is 2.41 bits per heavy atom. The van der Waals surface area contributed by atoms with E-state index in [2.05, 4.69) is 31.0 Å². The van der Waals surface area contributed by atoms with Crippen LogP contribution in [0.5, 0.6) is 0 Å². The lowest BCUT2D eigenvalue weighted by molar-refractivity contribution is 0.0350. The lowest BCUT2D eigenvalue weighted by Crippen LogP contribution is -2.54. The molecular formula is C15H28N2. The van der Waals surface area contributed by atoms with Crippen molar-refractivity contribution in [3.63, 3.8) is 0 Å². The Kier molecular flexibility index (Phi) is 2.99. The fraction of sp³-hybridized carbons (Fsp3) is 1.00. The summed E-state index contributed by atoms with van der Waals surface area (Å²) in [5, 5.41) is 3.69. The first-order valence-corrected chi connectivity index (χ1v) is 7.54. The van der Waals surface area contributed by atoms with Gasteiger partial charge in [0.25, 0.3) is 0 Å². The number of fused-ring (bicyclic) bond motifs is 2. The molecule has 0 aromatic carbocycles. The predicted octanol–water partition coefficient (Wildman–Crippen LogP) is 2.64. The number of nitrogens with zero attached hydrogens (tertiary/aromatic N) is 1. The Hall–Kier alpha value is -0.0800. The number of piperidine rings is 1. The lowest BCUT2D eigenvalue weighted by Gasteiger charge is -2.47. The average molecular weight is 236 g/mol. The van der Waals surface area contributed by atoms with Crippen molar-refractivity contribution >= 4 is 0 Å². The molecule has 3 fully saturated rings. The minimum atomic E-state index is 0.282. The minimum absolute atomic E-state index is 0.282. The van der Waals surface area contributed by atoms with Crippen molar-refractivity contribution in [1.82, 2.24) is 10.2 Å². The highest BCUT2D eigenvalue weighted by atomic mass is 15.2. The van der Waals surface area contributed by atoms with Crippen molar-refractivity contribution in [2.24, 2.45) is 11.8 Å². The standard InChI is InChI=1S/C15H28N2/c1-15(2,3)16-9-12-5-7-14(12)17-10-11-4-6-13(17)8-11/h11-14,16H,4-10H2,1-3H3. The fourth-order valence-electron chi connectivity index (χ4n) is 4.03. The zero-order valence-corrected chi connectivity index (χ0v) is 11.7. The molecule has 98 valence electrons. The minimum Gasteiger partial charge on any atom is -0.312 e. The second-order valence-electron chi connectivity index (χ2n) is 7.57. The molecule has 1 N–H and O–H groups in total. The molecule has 2 aliphatic carbocycles. The van der Waals surface area contributed by atoms with Crippen molar-refractivity contribution in [2.45, 2.75) is 70.5 Å². The Morgan fingerprint density at radius 2 is 1.94 bits per heavy atom. The second-order valence-corrected chi connectivity index (χ2v) is 7.57. The van der Waals surface area contributed by atoms with E-state index >= 15 is 0 Å². The fourth-order valence-corrected chi connectivity index (χ4v) is 4.03. The normalized spacial score (nSPS) is 41.8. The van der Waals surface area contributed by atoms with Gasteiger partial charge in [-0.25, -0.2) is 0 Å². The summed E-state index contributed by atoms with van der Waals surface area (Å²) in [6.07, 6.45) is 7.41. The molecule has 0 aromatic rings. The van der Waals surface area contributed by atoms with Gasteiger partial charge in [0.15, 0.2) is 0 Å². The van der Waals surface area contributed by atoms with Crippen molar-refractivity contribution in [3.05, 3.63) is 0 Å². The van der Waals surface area contributed by atoms with Gasteiger partial charge in [0, 0.05) is 24.2 Å². The smallest absolute Gasteiger partial charge is 0.0139 e. The highest BCUT2D eigenvalue weighted by Crippen LogP contribution is 2.44. The molecule has 0 radical (unpaired) electrons. The van der Waals surface area contributed by atoms with Crippen LogP contribution >= 0.6 is 0 Å². The summed E-state index contributed by atoms with van der Waals surface area (Å²) in [4.78, 5) is 2.87. The molecule has 2 saturated carbocycles. The Labute approximate surface area is 106 Å². The molecule has 0 aromatic heterocycles. The van der Waals surface area contributed by atoms with E-state index in [-0.39, 0.29) is 5.54 Å². The number of nitrogens with one attached hydrogen (secondary N) is 1. The molecule has 2 heteroatoms. The number of hydrogen-bond acceptors (Lipinski definition) is 2. The first-order chi connectivity index (χ1) is 8.03. The van der Waals surface area contributed by atoms with Crippen LogP contribution in [0, 0.1) is 11.8 Å². The van der Waals surface area contributed by atoms with Gasteiger partial charge in [0.1, 0.15) is 0 Å². The Balaban J connectivity index is 1.51. The van der Waals surface area contributed by atoms with Gasteiger partial charge in [-0.3, -0.25) is 4.90 Å². The van der Waals surface area contributed by atoms with Crippen LogP contribution in [-0.4, -0.2) is 35.6 Å². The molecule has 0 spiro atoms. The number of hydrogen-bond donors (Lipinski definition) is 1. The van der Waals surface area contributed by atoms with Crippen LogP contribution in [0.3, 0.4) is 0 Å². The molecular weight excluding hydrogens is 208 g/mol. The molecule has 4 atom stereocenters. The maximum Gasteiger partial charge on any atom is 0.0139 e. The van der Waals surface area contributed by atoms with E-state index in [0.29, 0.717) is 0 Å². The molecule has 3 rings (SSSR count). The third-order valence-electron chi connectivity index (χ3n) is 5.15. The summed E-state index contributed by atoms with van der Waals surface area (Å²) in [6.45, 7) is 9.47. The van der Waals surface area contributed by atoms with Gasteiger partial charge in [-0.1, -0.05) is 0 Å². The van der Waals surface area contributed by atoms with Crippen LogP contribution in [0.4, 0.5) is 0 Å². The van der Waals surface area contributed by atoms with Gasteiger partial charge in [-0.05, 0) is 71.3 Å². The number of rotatable bonds is 3. The molecule has 0 amide bonds. The van der Waals surface area contributed by atoms with Crippen molar-refractivity contribution in [1.29, 1.82) is 0 Å². The number of likely N-dealkylation sites (tertiary alicyclic amines) is 1. The summed E-state index contributed by atoms with van der Waals surface area (Å²) in [6, 6.07) is 1.88. The van der Waals surface area contributed by atoms with Gasteiger partial charge < -0.3 is 5.32 Å². The van der Waals surface area contributed by atoms with Gasteiger partial charge in [0.2, 0.25) is 0 Å². The van der Waals surface area contributed by atoms with Crippen molar-refractivity contribution in [3.8, 4) is 0 Å². The van der Waals surface area contributed by atoms with Gasteiger partial charge >= 0.3 is 0 Å². The third-order valence-corrected chi connectivity index (χ3v) is 5.15. The van der Waals surface area contributed by atoms with E-state index in [1.54, 1.807) is 0 Å². The predicted molar refractivity (Wildman–Crippen MR) is 72.1 cm³/mol. The average Bonchev–Trinajstić information content (AvgIpc) is 2.75. The molecule has 1 aliphatic heterocycles. The van der Waals surface area contributed by atoms with Gasteiger partial charge in [-0.15, -0.1) is 0 Å². The summed E-state index contributed by atoms with van der Waals surface area (Å²) < 4.78 is 0. The van der Waals surface area contributed by atoms with Crippen LogP contribution in [0.2, 0.25) is 0 Å². The van der Waals surface area contributed by atoms with Crippen LogP contribution in [0.25, 0.3) is 0 Å². The topological polar surface area (TPSA) is 15.3 Å². The van der Waals surface area contributed by atoms with E-state index in [4.69, 9.17) is 0 Å². The quantitative estimate of drug-likeness (QED) is 0.810. The Bertz CT molecular complexity index is 281. The van der Waals surface area contributed by atoms with E-state index in [0.717, 1.165) is 23.9 Å². The largest absolute Gasteiger partial charge is 0.312 e. The second kappa shape index (κ2) is 4.24. The monoisotopic (exact) mass is 236 g/mol. The zero-order chi connectivity index (χ0) is 12.0. The first-order valence-electron chi connectivity index (χ1n) is 7.54. The zero-order valence-electron chi connectivity index (χ0n) is 11.7. The SMILES string of the molecule is CC(C)(C)NCC1CCC1N1CC2CCC1C2. The molecule has 17 heavy (non-hydrogen) atoms. The maximum absolute atomic E-state index is 3.69. The van der Waals surface area contributed by atoms with Crippen molar-refractivity contribution in [2.75, 3.05) is 13.1 Å². The molecule has 2 bridgehead atoms. The summed E-state index contributed by atoms with van der Waals surface area (Å²) in [5.41, 5.74) is 0.282. The molecule has 1 heterocycles. The lowest BCUT2D eigenvalue weighted by atomic mass is 9.77. The summed E-state index contributed by atoms with van der Waals surface area (Å²) >= 11 is 0. The van der Waals surface area contributed by atoms with E-state index in [9.17, 15) is 0 Å². The molecule has 3 aliphatic rings. The van der Waals surface area contributed by atoms with Crippen LogP contribution in [-0.2, 0) is 0 Å². The van der Waals surface area contributed by atoms with E-state index in [1.807, 2.05) is 0 Å². The van der Waals surface area contributed by atoms with Crippen molar-refractivity contribution < 1.29 is 0 Å². The van der Waals surface area contributed by atoms with Crippen LogP contribution in [0.15, 0.2) is 0 Å².